The van der Waals surface area contributed by atoms with Gasteiger partial charge in [0.15, 0.2) is 0 Å². The Kier molecular flexibility index (Phi) is 4.32. The third kappa shape index (κ3) is 3.20. The number of benzene rings is 1. The van der Waals surface area contributed by atoms with E-state index in [2.05, 4.69) is 64.4 Å². The lowest BCUT2D eigenvalue weighted by atomic mass is 10.0. The molecule has 0 saturated heterocycles. The van der Waals surface area contributed by atoms with Gasteiger partial charge in [0.1, 0.15) is 5.65 Å². The Morgan fingerprint density at radius 1 is 1.08 bits per heavy atom. The Morgan fingerprint density at radius 2 is 1.92 bits per heavy atom. The van der Waals surface area contributed by atoms with Crippen molar-refractivity contribution in [3.05, 3.63) is 82.9 Å². The van der Waals surface area contributed by atoms with Crippen LogP contribution in [0.2, 0.25) is 0 Å². The molecule has 4 rings (SSSR count). The molecule has 1 aromatic carbocycles. The maximum atomic E-state index is 4.74. The Morgan fingerprint density at radius 3 is 2.76 bits per heavy atom. The smallest absolute Gasteiger partial charge is 0.137 e. The third-order valence-electron chi connectivity index (χ3n) is 4.50. The van der Waals surface area contributed by atoms with E-state index in [1.807, 2.05) is 18.3 Å². The van der Waals surface area contributed by atoms with Gasteiger partial charge >= 0.3 is 0 Å². The minimum atomic E-state index is 0.870. The molecule has 0 fully saturated rings. The summed E-state index contributed by atoms with van der Waals surface area (Å²) in [6.07, 6.45) is 4.75. The number of hydrogen-bond donors (Lipinski definition) is 1. The van der Waals surface area contributed by atoms with Gasteiger partial charge in [0.25, 0.3) is 0 Å². The first-order chi connectivity index (χ1) is 12.2. The van der Waals surface area contributed by atoms with Crippen molar-refractivity contribution >= 4 is 23.0 Å². The third-order valence-corrected chi connectivity index (χ3v) is 5.56. The van der Waals surface area contributed by atoms with Crippen LogP contribution in [-0.4, -0.2) is 19.2 Å². The lowest BCUT2D eigenvalue weighted by molar-refractivity contribution is 0.943. The summed E-state index contributed by atoms with van der Waals surface area (Å²) in [5, 5.41) is 5.93. The number of H-pyrrole nitrogens is 1. The van der Waals surface area contributed by atoms with E-state index in [0.717, 1.165) is 23.5 Å². The highest BCUT2D eigenvalue weighted by Crippen LogP contribution is 2.26. The average Bonchev–Trinajstić information content (AvgIpc) is 3.17. The lowest BCUT2D eigenvalue weighted by Crippen LogP contribution is -1.95. The molecule has 0 unspecified atom stereocenters. The predicted molar refractivity (Wildman–Crippen MR) is 104 cm³/mol. The van der Waals surface area contributed by atoms with Gasteiger partial charge in [-0.25, -0.2) is 9.07 Å². The largest absolute Gasteiger partial charge is 0.346 e. The van der Waals surface area contributed by atoms with Crippen molar-refractivity contribution in [3.8, 4) is 0 Å². The molecule has 4 aromatic rings. The van der Waals surface area contributed by atoms with Gasteiger partial charge in [-0.15, -0.1) is 0 Å². The number of hydrogen-bond acceptors (Lipinski definition) is 3. The molecular weight excluding hydrogens is 328 g/mol. The molecule has 0 saturated carbocycles. The molecule has 0 aliphatic rings. The van der Waals surface area contributed by atoms with E-state index >= 15 is 0 Å². The fourth-order valence-electron chi connectivity index (χ4n) is 3.09. The summed E-state index contributed by atoms with van der Waals surface area (Å²) in [5.74, 6) is 0.916. The Balaban J connectivity index is 1.57. The summed E-state index contributed by atoms with van der Waals surface area (Å²) in [5.41, 5.74) is 7.13. The van der Waals surface area contributed by atoms with Crippen molar-refractivity contribution < 1.29 is 0 Å². The fraction of sp³-hybridized carbons (Fsp3) is 0.200. The summed E-state index contributed by atoms with van der Waals surface area (Å²) >= 11 is 1.74. The van der Waals surface area contributed by atoms with E-state index in [9.17, 15) is 0 Å². The van der Waals surface area contributed by atoms with Gasteiger partial charge in [-0.2, -0.15) is 5.10 Å². The van der Waals surface area contributed by atoms with Gasteiger partial charge < -0.3 is 4.98 Å². The molecule has 3 aromatic heterocycles. The van der Waals surface area contributed by atoms with Crippen LogP contribution < -0.4 is 0 Å². The Hall–Kier alpha value is -2.53. The van der Waals surface area contributed by atoms with E-state index in [0.29, 0.717) is 0 Å². The van der Waals surface area contributed by atoms with Gasteiger partial charge in [-0.1, -0.05) is 30.3 Å². The summed E-state index contributed by atoms with van der Waals surface area (Å²) < 4.78 is 2.06. The summed E-state index contributed by atoms with van der Waals surface area (Å²) in [7, 11) is 0. The zero-order valence-corrected chi connectivity index (χ0v) is 15.2. The number of rotatable bonds is 5. The van der Waals surface area contributed by atoms with Crippen LogP contribution in [0.15, 0.2) is 54.9 Å². The zero-order chi connectivity index (χ0) is 17.2. The zero-order valence-electron chi connectivity index (χ0n) is 14.4. The van der Waals surface area contributed by atoms with Gasteiger partial charge in [0, 0.05) is 35.5 Å². The maximum absolute atomic E-state index is 4.74. The molecule has 0 bridgehead atoms. The Labute approximate surface area is 151 Å². The highest BCUT2D eigenvalue weighted by Gasteiger charge is 2.14. The topological polar surface area (TPSA) is 46.5 Å². The van der Waals surface area contributed by atoms with Gasteiger partial charge in [0.2, 0.25) is 0 Å². The molecular formula is C20H20N4S. The average molecular weight is 348 g/mol. The number of aromatic amines is 1. The van der Waals surface area contributed by atoms with E-state index in [1.165, 1.54) is 27.8 Å². The second-order valence-corrected chi connectivity index (χ2v) is 7.06. The normalized spacial score (nSPS) is 11.3. The van der Waals surface area contributed by atoms with E-state index < -0.39 is 0 Å². The monoisotopic (exact) mass is 348 g/mol. The lowest BCUT2D eigenvalue weighted by Gasteiger charge is -2.05. The minimum Gasteiger partial charge on any atom is -0.346 e. The number of fused-ring (bicyclic) bond motifs is 1. The predicted octanol–water partition coefficient (Wildman–Crippen LogP) is 4.66. The maximum Gasteiger partial charge on any atom is 0.137 e. The second kappa shape index (κ2) is 6.76. The first kappa shape index (κ1) is 16.0. The molecule has 0 spiro atoms. The Bertz CT molecular complexity index is 1000. The van der Waals surface area contributed by atoms with Crippen LogP contribution in [0, 0.1) is 13.8 Å². The molecule has 3 heterocycles. The first-order valence-corrected chi connectivity index (χ1v) is 9.30. The van der Waals surface area contributed by atoms with Crippen LogP contribution in [0.25, 0.3) is 11.0 Å². The number of nitrogens with one attached hydrogen (secondary N) is 1. The molecule has 1 N–H and O–H groups in total. The van der Waals surface area contributed by atoms with Crippen molar-refractivity contribution in [2.24, 2.45) is 0 Å². The molecule has 126 valence electrons. The van der Waals surface area contributed by atoms with Crippen molar-refractivity contribution in [2.75, 3.05) is 0 Å². The van der Waals surface area contributed by atoms with E-state index in [1.54, 1.807) is 11.9 Å². The van der Waals surface area contributed by atoms with Crippen LogP contribution in [0.3, 0.4) is 0 Å². The quantitative estimate of drug-likeness (QED) is 0.570. The van der Waals surface area contributed by atoms with Gasteiger partial charge in [-0.05, 0) is 49.1 Å². The van der Waals surface area contributed by atoms with Crippen LogP contribution in [0.1, 0.15) is 28.1 Å². The van der Waals surface area contributed by atoms with Crippen LogP contribution in [0.5, 0.6) is 0 Å². The van der Waals surface area contributed by atoms with Crippen LogP contribution in [-0.2, 0) is 12.2 Å². The number of nitrogens with zero attached hydrogens (tertiary/aromatic N) is 3. The van der Waals surface area contributed by atoms with Gasteiger partial charge in [-0.3, -0.25) is 0 Å². The number of aryl methyl sites for hydroxylation is 1. The van der Waals surface area contributed by atoms with Crippen molar-refractivity contribution in [2.45, 2.75) is 26.0 Å². The van der Waals surface area contributed by atoms with Gasteiger partial charge in [0.05, 0.1) is 11.4 Å². The highest BCUT2D eigenvalue weighted by atomic mass is 32.2. The highest BCUT2D eigenvalue weighted by molar-refractivity contribution is 7.96. The van der Waals surface area contributed by atoms with E-state index in [-0.39, 0.29) is 0 Å². The number of aromatic nitrogens is 4. The molecule has 0 aliphatic carbocycles. The second-order valence-electron chi connectivity index (χ2n) is 6.17. The molecule has 25 heavy (non-hydrogen) atoms. The molecule has 0 atom stereocenters. The first-order valence-electron chi connectivity index (χ1n) is 8.35. The molecule has 4 nitrogen and oxygen atoms in total. The SMILES string of the molecule is Cc1nn(SCc2ccccc2)c(C)c1Cc1c[nH]c2ncccc12. The summed E-state index contributed by atoms with van der Waals surface area (Å²) in [4.78, 5) is 7.63. The standard InChI is InChI=1S/C20H20N4S/c1-14-19(11-17-12-22-20-18(17)9-6-10-21-20)15(2)24(23-14)25-13-16-7-4-3-5-8-16/h3-10,12H,11,13H2,1-2H3,(H,21,22). The van der Waals surface area contributed by atoms with Crippen molar-refractivity contribution in [1.29, 1.82) is 0 Å². The summed E-state index contributed by atoms with van der Waals surface area (Å²) in [6, 6.07) is 14.6. The molecule has 0 radical (unpaired) electrons. The number of pyridine rings is 1. The minimum absolute atomic E-state index is 0.870. The van der Waals surface area contributed by atoms with E-state index in [4.69, 9.17) is 5.10 Å². The molecule has 0 aliphatic heterocycles. The fourth-order valence-corrected chi connectivity index (χ4v) is 4.04. The molecule has 0 amide bonds. The van der Waals surface area contributed by atoms with Crippen LogP contribution in [0.4, 0.5) is 0 Å². The summed E-state index contributed by atoms with van der Waals surface area (Å²) in [6.45, 7) is 4.25. The van der Waals surface area contributed by atoms with Crippen molar-refractivity contribution in [3.63, 3.8) is 0 Å². The van der Waals surface area contributed by atoms with Crippen LogP contribution >= 0.6 is 11.9 Å². The molecule has 5 heteroatoms. The van der Waals surface area contributed by atoms with Crippen molar-refractivity contribution in [1.82, 2.24) is 19.2 Å².